The lowest BCUT2D eigenvalue weighted by Gasteiger charge is -2.30. The third-order valence-electron chi connectivity index (χ3n) is 5.26. The van der Waals surface area contributed by atoms with Crippen LogP contribution in [0.25, 0.3) is 0 Å². The Morgan fingerprint density at radius 1 is 1.04 bits per heavy atom. The van der Waals surface area contributed by atoms with E-state index in [0.29, 0.717) is 5.92 Å². The number of hydrogen-bond acceptors (Lipinski definition) is 0. The molecule has 0 nitrogen and oxygen atoms in total. The minimum absolute atomic E-state index is 0.357. The minimum atomic E-state index is -0.921. The van der Waals surface area contributed by atoms with E-state index in [4.69, 9.17) is 0 Å². The van der Waals surface area contributed by atoms with Crippen molar-refractivity contribution >= 4 is 0 Å². The first-order chi connectivity index (χ1) is 11.1. The molecule has 0 aromatic carbocycles. The van der Waals surface area contributed by atoms with Crippen LogP contribution in [0.1, 0.15) is 85.0 Å². The summed E-state index contributed by atoms with van der Waals surface area (Å²) < 4.78 is 27.2. The zero-order valence-corrected chi connectivity index (χ0v) is 15.4. The lowest BCUT2D eigenvalue weighted by atomic mass is 9.76. The van der Waals surface area contributed by atoms with Crippen molar-refractivity contribution in [2.75, 3.05) is 6.67 Å². The fourth-order valence-corrected chi connectivity index (χ4v) is 3.80. The Labute approximate surface area is 142 Å². The van der Waals surface area contributed by atoms with E-state index in [1.165, 1.54) is 25.7 Å². The summed E-state index contributed by atoms with van der Waals surface area (Å²) in [6, 6.07) is 0. The first-order valence-electron chi connectivity index (χ1n) is 9.71. The molecule has 0 spiro atoms. The van der Waals surface area contributed by atoms with E-state index in [2.05, 4.69) is 13.8 Å². The molecule has 1 atom stereocenters. The SMILES string of the molecule is CCCCC/C(=C/C=C(\C(C)F)C1CCC(CCC)CC1)CF. The molecule has 1 fully saturated rings. The molecule has 1 saturated carbocycles. The molecular weight excluding hydrogens is 290 g/mol. The molecule has 1 aliphatic rings. The number of unbranched alkanes of at least 4 members (excludes halogenated alkanes) is 2. The predicted octanol–water partition coefficient (Wildman–Crippen LogP) is 7.35. The highest BCUT2D eigenvalue weighted by atomic mass is 19.1. The Bertz CT molecular complexity index is 360. The van der Waals surface area contributed by atoms with Gasteiger partial charge in [0.2, 0.25) is 0 Å². The summed E-state index contributed by atoms with van der Waals surface area (Å²) in [5.41, 5.74) is 1.71. The molecular formula is C21H36F2. The van der Waals surface area contributed by atoms with Crippen LogP contribution < -0.4 is 0 Å². The summed E-state index contributed by atoms with van der Waals surface area (Å²) >= 11 is 0. The molecule has 2 heteroatoms. The number of halogens is 2. The maximum Gasteiger partial charge on any atom is 0.119 e. The molecule has 0 aliphatic heterocycles. The summed E-state index contributed by atoms with van der Waals surface area (Å²) in [6.07, 6.45) is 14.1. The molecule has 134 valence electrons. The maximum absolute atomic E-state index is 14.1. The summed E-state index contributed by atoms with van der Waals surface area (Å²) in [7, 11) is 0. The van der Waals surface area contributed by atoms with Gasteiger partial charge in [-0.15, -0.1) is 0 Å². The molecule has 1 aliphatic carbocycles. The standard InChI is InChI=1S/C21H36F2/c1-4-6-7-9-19(16-22)12-15-21(17(3)23)20-13-10-18(8-5-2)11-14-20/h12,15,17-18,20H,4-11,13-14,16H2,1-3H3/b19-12-,21-15+. The lowest BCUT2D eigenvalue weighted by Crippen LogP contribution is -2.19. The van der Waals surface area contributed by atoms with Crippen LogP contribution in [0.4, 0.5) is 8.78 Å². The van der Waals surface area contributed by atoms with Crippen LogP contribution in [0.15, 0.2) is 23.3 Å². The fraction of sp³-hybridized carbons (Fsp3) is 0.810. The Hall–Kier alpha value is -0.660. The van der Waals surface area contributed by atoms with E-state index in [1.807, 2.05) is 12.2 Å². The summed E-state index contributed by atoms with van der Waals surface area (Å²) in [6.45, 7) is 5.61. The molecule has 0 bridgehead atoms. The molecule has 1 unspecified atom stereocenters. The van der Waals surface area contributed by atoms with Crippen LogP contribution in [0.2, 0.25) is 0 Å². The van der Waals surface area contributed by atoms with Gasteiger partial charge >= 0.3 is 0 Å². The van der Waals surface area contributed by atoms with Gasteiger partial charge in [-0.1, -0.05) is 51.7 Å². The fourth-order valence-electron chi connectivity index (χ4n) is 3.80. The molecule has 0 amide bonds. The Balaban J connectivity index is 2.66. The zero-order chi connectivity index (χ0) is 17.1. The third-order valence-corrected chi connectivity index (χ3v) is 5.26. The average molecular weight is 327 g/mol. The lowest BCUT2D eigenvalue weighted by molar-refractivity contribution is 0.262. The van der Waals surface area contributed by atoms with Crippen molar-refractivity contribution in [3.63, 3.8) is 0 Å². The zero-order valence-electron chi connectivity index (χ0n) is 15.4. The van der Waals surface area contributed by atoms with Crippen molar-refractivity contribution in [2.24, 2.45) is 11.8 Å². The molecule has 0 heterocycles. The number of hydrogen-bond donors (Lipinski definition) is 0. The van der Waals surface area contributed by atoms with Gasteiger partial charge in [0.25, 0.3) is 0 Å². The van der Waals surface area contributed by atoms with Gasteiger partial charge in [0.1, 0.15) is 12.8 Å². The predicted molar refractivity (Wildman–Crippen MR) is 97.2 cm³/mol. The molecule has 0 saturated heterocycles. The number of alkyl halides is 2. The van der Waals surface area contributed by atoms with Gasteiger partial charge in [-0.3, -0.25) is 0 Å². The molecule has 23 heavy (non-hydrogen) atoms. The molecule has 0 aromatic rings. The second-order valence-electron chi connectivity index (χ2n) is 7.20. The molecule has 0 N–H and O–H groups in total. The third kappa shape index (κ3) is 7.63. The van der Waals surface area contributed by atoms with E-state index in [1.54, 1.807) is 6.92 Å². The summed E-state index contributed by atoms with van der Waals surface area (Å²) in [5, 5.41) is 0. The van der Waals surface area contributed by atoms with Crippen molar-refractivity contribution in [3.05, 3.63) is 23.3 Å². The Morgan fingerprint density at radius 3 is 2.26 bits per heavy atom. The van der Waals surface area contributed by atoms with Gasteiger partial charge in [0, 0.05) is 0 Å². The van der Waals surface area contributed by atoms with Crippen molar-refractivity contribution < 1.29 is 8.78 Å². The van der Waals surface area contributed by atoms with Gasteiger partial charge < -0.3 is 0 Å². The topological polar surface area (TPSA) is 0 Å². The highest BCUT2D eigenvalue weighted by Crippen LogP contribution is 2.37. The largest absolute Gasteiger partial charge is 0.246 e. The average Bonchev–Trinajstić information content (AvgIpc) is 2.55. The van der Waals surface area contributed by atoms with E-state index < -0.39 is 12.8 Å². The van der Waals surface area contributed by atoms with Crippen molar-refractivity contribution in [3.8, 4) is 0 Å². The van der Waals surface area contributed by atoms with E-state index in [0.717, 1.165) is 55.6 Å². The highest BCUT2D eigenvalue weighted by molar-refractivity contribution is 5.23. The van der Waals surface area contributed by atoms with Gasteiger partial charge in [-0.05, 0) is 68.4 Å². The van der Waals surface area contributed by atoms with Crippen LogP contribution >= 0.6 is 0 Å². The quantitative estimate of drug-likeness (QED) is 0.291. The monoisotopic (exact) mass is 326 g/mol. The van der Waals surface area contributed by atoms with E-state index in [-0.39, 0.29) is 0 Å². The van der Waals surface area contributed by atoms with Crippen molar-refractivity contribution in [2.45, 2.75) is 91.2 Å². The van der Waals surface area contributed by atoms with Gasteiger partial charge in [-0.25, -0.2) is 8.78 Å². The summed E-state index contributed by atoms with van der Waals surface area (Å²) in [4.78, 5) is 0. The highest BCUT2D eigenvalue weighted by Gasteiger charge is 2.25. The molecule has 0 aromatic heterocycles. The summed E-state index contributed by atoms with van der Waals surface area (Å²) in [5.74, 6) is 1.19. The van der Waals surface area contributed by atoms with Crippen molar-refractivity contribution in [1.82, 2.24) is 0 Å². The first-order valence-corrected chi connectivity index (χ1v) is 9.71. The minimum Gasteiger partial charge on any atom is -0.246 e. The van der Waals surface area contributed by atoms with Gasteiger partial charge in [-0.2, -0.15) is 0 Å². The Morgan fingerprint density at radius 2 is 1.74 bits per heavy atom. The number of rotatable bonds is 10. The number of allylic oxidation sites excluding steroid dienone is 4. The van der Waals surface area contributed by atoms with Crippen LogP contribution in [0.5, 0.6) is 0 Å². The smallest absolute Gasteiger partial charge is 0.119 e. The van der Waals surface area contributed by atoms with Crippen molar-refractivity contribution in [1.29, 1.82) is 0 Å². The van der Waals surface area contributed by atoms with E-state index in [9.17, 15) is 8.78 Å². The maximum atomic E-state index is 14.1. The Kier molecular flexibility index (Phi) is 10.5. The van der Waals surface area contributed by atoms with Crippen LogP contribution in [-0.2, 0) is 0 Å². The molecule has 0 radical (unpaired) electrons. The first kappa shape index (κ1) is 20.4. The van der Waals surface area contributed by atoms with Gasteiger partial charge in [0.15, 0.2) is 0 Å². The van der Waals surface area contributed by atoms with Crippen LogP contribution in [0.3, 0.4) is 0 Å². The second-order valence-corrected chi connectivity index (χ2v) is 7.20. The normalized spacial score (nSPS) is 24.7. The van der Waals surface area contributed by atoms with E-state index >= 15 is 0 Å². The van der Waals surface area contributed by atoms with Crippen LogP contribution in [-0.4, -0.2) is 12.8 Å². The second kappa shape index (κ2) is 11.8. The van der Waals surface area contributed by atoms with Crippen LogP contribution in [0, 0.1) is 11.8 Å². The molecule has 1 rings (SSSR count). The van der Waals surface area contributed by atoms with Gasteiger partial charge in [0.05, 0.1) is 0 Å².